The lowest BCUT2D eigenvalue weighted by Crippen LogP contribution is -2.01. The lowest BCUT2D eigenvalue weighted by atomic mass is 10.2. The Bertz CT molecular complexity index is 543. The van der Waals surface area contributed by atoms with Crippen LogP contribution in [-0.2, 0) is 13.2 Å². The van der Waals surface area contributed by atoms with Crippen molar-refractivity contribution in [2.24, 2.45) is 0 Å². The molecule has 0 radical (unpaired) electrons. The van der Waals surface area contributed by atoms with Gasteiger partial charge in [0.2, 0.25) is 0 Å². The van der Waals surface area contributed by atoms with Crippen LogP contribution in [0.4, 0.5) is 0 Å². The summed E-state index contributed by atoms with van der Waals surface area (Å²) >= 11 is 3.33. The van der Waals surface area contributed by atoms with Crippen LogP contribution in [0, 0.1) is 0 Å². The number of aliphatic hydroxyl groups is 1. The first-order valence-corrected chi connectivity index (χ1v) is 6.53. The summed E-state index contributed by atoms with van der Waals surface area (Å²) in [7, 11) is 1.59. The molecule has 0 unspecified atom stereocenters. The zero-order valence-corrected chi connectivity index (χ0v) is 12.1. The second kappa shape index (κ2) is 6.54. The summed E-state index contributed by atoms with van der Waals surface area (Å²) in [6.07, 6.45) is 1.72. The highest BCUT2D eigenvalue weighted by Crippen LogP contribution is 2.24. The number of rotatable bonds is 5. The minimum Gasteiger partial charge on any atom is -0.497 e. The first kappa shape index (κ1) is 13.8. The third kappa shape index (κ3) is 3.68. The Morgan fingerprint density at radius 2 is 2.11 bits per heavy atom. The van der Waals surface area contributed by atoms with Gasteiger partial charge in [0, 0.05) is 16.2 Å². The second-order valence-corrected chi connectivity index (χ2v) is 4.80. The molecule has 0 spiro atoms. The fourth-order valence-corrected chi connectivity index (χ4v) is 1.83. The maximum atomic E-state index is 9.31. The van der Waals surface area contributed by atoms with Gasteiger partial charge in [-0.25, -0.2) is 0 Å². The molecule has 100 valence electrons. The number of methoxy groups -OCH3 is 1. The maximum Gasteiger partial charge on any atom is 0.130 e. The number of hydrogen-bond donors (Lipinski definition) is 1. The number of aliphatic hydroxyl groups excluding tert-OH is 1. The predicted molar refractivity (Wildman–Crippen MR) is 75.2 cm³/mol. The summed E-state index contributed by atoms with van der Waals surface area (Å²) in [5.41, 5.74) is 1.51. The molecule has 0 bridgehead atoms. The van der Waals surface area contributed by atoms with Crippen molar-refractivity contribution in [2.75, 3.05) is 7.11 Å². The van der Waals surface area contributed by atoms with Crippen LogP contribution in [0.2, 0.25) is 0 Å². The molecule has 2 rings (SSSR count). The molecule has 0 aliphatic carbocycles. The van der Waals surface area contributed by atoms with E-state index >= 15 is 0 Å². The van der Waals surface area contributed by atoms with Crippen molar-refractivity contribution in [1.82, 2.24) is 4.98 Å². The van der Waals surface area contributed by atoms with Crippen molar-refractivity contribution in [3.05, 3.63) is 52.3 Å². The molecule has 1 aromatic heterocycles. The fourth-order valence-electron chi connectivity index (χ4n) is 1.59. The first-order valence-electron chi connectivity index (χ1n) is 5.74. The van der Waals surface area contributed by atoms with Crippen molar-refractivity contribution in [2.45, 2.75) is 13.2 Å². The van der Waals surface area contributed by atoms with E-state index in [1.807, 2.05) is 12.1 Å². The van der Waals surface area contributed by atoms with Crippen molar-refractivity contribution in [1.29, 1.82) is 0 Å². The minimum absolute atomic E-state index is 0.0969. The van der Waals surface area contributed by atoms with E-state index in [2.05, 4.69) is 20.9 Å². The van der Waals surface area contributed by atoms with E-state index in [0.29, 0.717) is 23.7 Å². The normalized spacial score (nSPS) is 10.3. The molecule has 0 aliphatic heterocycles. The quantitative estimate of drug-likeness (QED) is 0.919. The summed E-state index contributed by atoms with van der Waals surface area (Å²) in [4.78, 5) is 4.22. The third-order valence-electron chi connectivity index (χ3n) is 2.60. The van der Waals surface area contributed by atoms with Gasteiger partial charge in [0.1, 0.15) is 18.1 Å². The van der Waals surface area contributed by atoms with E-state index in [4.69, 9.17) is 9.47 Å². The van der Waals surface area contributed by atoms with Crippen LogP contribution >= 0.6 is 15.9 Å². The molecule has 1 heterocycles. The Labute approximate surface area is 120 Å². The lowest BCUT2D eigenvalue weighted by molar-refractivity contribution is 0.256. The van der Waals surface area contributed by atoms with Gasteiger partial charge in [-0.05, 0) is 46.3 Å². The minimum atomic E-state index is -0.0969. The SMILES string of the molecule is COc1ccc(OCc2ccc(Br)cn2)c(CO)c1. The molecule has 0 saturated heterocycles. The highest BCUT2D eigenvalue weighted by Gasteiger charge is 2.05. The highest BCUT2D eigenvalue weighted by atomic mass is 79.9. The van der Waals surface area contributed by atoms with Crippen LogP contribution in [0.3, 0.4) is 0 Å². The molecule has 0 saturated carbocycles. The zero-order chi connectivity index (χ0) is 13.7. The highest BCUT2D eigenvalue weighted by molar-refractivity contribution is 9.10. The first-order chi connectivity index (χ1) is 9.22. The van der Waals surface area contributed by atoms with Crippen LogP contribution in [0.1, 0.15) is 11.3 Å². The average molecular weight is 324 g/mol. The van der Waals surface area contributed by atoms with Gasteiger partial charge < -0.3 is 14.6 Å². The molecular formula is C14H14BrNO3. The predicted octanol–water partition coefficient (Wildman–Crippen LogP) is 2.92. The molecule has 0 fully saturated rings. The van der Waals surface area contributed by atoms with Gasteiger partial charge in [-0.15, -0.1) is 0 Å². The van der Waals surface area contributed by atoms with Gasteiger partial charge >= 0.3 is 0 Å². The second-order valence-electron chi connectivity index (χ2n) is 3.89. The van der Waals surface area contributed by atoms with Gasteiger partial charge in [0.15, 0.2) is 0 Å². The van der Waals surface area contributed by atoms with Crippen LogP contribution in [-0.4, -0.2) is 17.2 Å². The molecule has 0 atom stereocenters. The summed E-state index contributed by atoms with van der Waals surface area (Å²) in [5, 5.41) is 9.31. The molecule has 2 aromatic rings. The van der Waals surface area contributed by atoms with Crippen LogP contribution < -0.4 is 9.47 Å². The number of halogens is 1. The molecular weight excluding hydrogens is 310 g/mol. The van der Waals surface area contributed by atoms with Gasteiger partial charge in [-0.1, -0.05) is 0 Å². The van der Waals surface area contributed by atoms with Crippen molar-refractivity contribution >= 4 is 15.9 Å². The number of hydrogen-bond acceptors (Lipinski definition) is 4. The number of ether oxygens (including phenoxy) is 2. The molecule has 5 heteroatoms. The van der Waals surface area contributed by atoms with E-state index in [1.54, 1.807) is 31.5 Å². The van der Waals surface area contributed by atoms with E-state index in [0.717, 1.165) is 10.2 Å². The lowest BCUT2D eigenvalue weighted by Gasteiger charge is -2.11. The number of nitrogens with zero attached hydrogens (tertiary/aromatic N) is 1. The molecule has 0 aliphatic rings. The van der Waals surface area contributed by atoms with Crippen molar-refractivity contribution in [3.8, 4) is 11.5 Å². The van der Waals surface area contributed by atoms with Crippen molar-refractivity contribution in [3.63, 3.8) is 0 Å². The van der Waals surface area contributed by atoms with Crippen molar-refractivity contribution < 1.29 is 14.6 Å². The monoisotopic (exact) mass is 323 g/mol. The number of benzene rings is 1. The number of pyridine rings is 1. The van der Waals surface area contributed by atoms with E-state index < -0.39 is 0 Å². The van der Waals surface area contributed by atoms with E-state index in [1.165, 1.54) is 0 Å². The Kier molecular flexibility index (Phi) is 4.76. The van der Waals surface area contributed by atoms with E-state index in [9.17, 15) is 5.11 Å². The zero-order valence-electron chi connectivity index (χ0n) is 10.5. The summed E-state index contributed by atoms with van der Waals surface area (Å²) in [6, 6.07) is 9.12. The summed E-state index contributed by atoms with van der Waals surface area (Å²) < 4.78 is 11.7. The average Bonchev–Trinajstić information content (AvgIpc) is 2.46. The van der Waals surface area contributed by atoms with Crippen LogP contribution in [0.25, 0.3) is 0 Å². The van der Waals surface area contributed by atoms with Crippen LogP contribution in [0.5, 0.6) is 11.5 Å². The topological polar surface area (TPSA) is 51.6 Å². The molecule has 19 heavy (non-hydrogen) atoms. The Morgan fingerprint density at radius 3 is 2.74 bits per heavy atom. The Morgan fingerprint density at radius 1 is 1.26 bits per heavy atom. The summed E-state index contributed by atoms with van der Waals surface area (Å²) in [5.74, 6) is 1.33. The Balaban J connectivity index is 2.08. The van der Waals surface area contributed by atoms with Gasteiger partial charge in [0.05, 0.1) is 19.4 Å². The van der Waals surface area contributed by atoms with Crippen LogP contribution in [0.15, 0.2) is 41.0 Å². The largest absolute Gasteiger partial charge is 0.497 e. The molecule has 1 N–H and O–H groups in total. The summed E-state index contributed by atoms with van der Waals surface area (Å²) in [6.45, 7) is 0.257. The number of aromatic nitrogens is 1. The fraction of sp³-hybridized carbons (Fsp3) is 0.214. The van der Waals surface area contributed by atoms with E-state index in [-0.39, 0.29) is 6.61 Å². The third-order valence-corrected chi connectivity index (χ3v) is 3.07. The standard InChI is InChI=1S/C14H14BrNO3/c1-18-13-4-5-14(10(6-13)8-17)19-9-12-3-2-11(15)7-16-12/h2-7,17H,8-9H2,1H3. The smallest absolute Gasteiger partial charge is 0.130 e. The molecule has 4 nitrogen and oxygen atoms in total. The Hall–Kier alpha value is -1.59. The maximum absolute atomic E-state index is 9.31. The van der Waals surface area contributed by atoms with Gasteiger partial charge in [-0.2, -0.15) is 0 Å². The molecule has 0 amide bonds. The van der Waals surface area contributed by atoms with Gasteiger partial charge in [-0.3, -0.25) is 4.98 Å². The molecule has 1 aromatic carbocycles. The van der Waals surface area contributed by atoms with Gasteiger partial charge in [0.25, 0.3) is 0 Å².